The number of benzene rings is 1. The molecule has 0 saturated heterocycles. The van der Waals surface area contributed by atoms with E-state index in [0.717, 1.165) is 11.3 Å². The number of nitrogens with zero attached hydrogens (tertiary/aromatic N) is 3. The van der Waals surface area contributed by atoms with Crippen LogP contribution in [0.25, 0.3) is 11.4 Å². The van der Waals surface area contributed by atoms with Crippen LogP contribution in [0, 0.1) is 11.3 Å². The largest absolute Gasteiger partial charge is 0.486 e. The van der Waals surface area contributed by atoms with Crippen LogP contribution in [-0.4, -0.2) is 30.2 Å². The highest BCUT2D eigenvalue weighted by molar-refractivity contribution is 5.64. The first-order chi connectivity index (χ1) is 9.81. The van der Waals surface area contributed by atoms with E-state index < -0.39 is 0 Å². The zero-order valence-electron chi connectivity index (χ0n) is 10.9. The molecule has 1 aliphatic rings. The van der Waals surface area contributed by atoms with E-state index >= 15 is 0 Å². The summed E-state index contributed by atoms with van der Waals surface area (Å²) < 4.78 is 11.0. The third-order valence-corrected chi connectivity index (χ3v) is 2.95. The number of ether oxygens (including phenoxy) is 2. The van der Waals surface area contributed by atoms with Crippen molar-refractivity contribution in [3.8, 4) is 29.0 Å². The van der Waals surface area contributed by atoms with Gasteiger partial charge in [0.1, 0.15) is 30.7 Å². The lowest BCUT2D eigenvalue weighted by Crippen LogP contribution is -2.15. The predicted molar refractivity (Wildman–Crippen MR) is 72.7 cm³/mol. The first-order valence-corrected chi connectivity index (χ1v) is 6.16. The molecule has 20 heavy (non-hydrogen) atoms. The van der Waals surface area contributed by atoms with Crippen LogP contribution >= 0.6 is 0 Å². The average Bonchev–Trinajstić information content (AvgIpc) is 2.53. The predicted octanol–water partition coefficient (Wildman–Crippen LogP) is 1.83. The van der Waals surface area contributed by atoms with Crippen LogP contribution < -0.4 is 14.8 Å². The van der Waals surface area contributed by atoms with Crippen LogP contribution in [0.5, 0.6) is 11.5 Å². The summed E-state index contributed by atoms with van der Waals surface area (Å²) in [6, 6.07) is 7.59. The molecule has 1 aromatic heterocycles. The standard InChI is InChI=1S/C14H12N4O2/c1-16-13-10(7-15)8-17-14(18-13)9-2-3-11-12(6-9)20-5-4-19-11/h2-3,6,8H,4-5H2,1H3,(H,16,17,18). The molecule has 3 rings (SSSR count). The summed E-state index contributed by atoms with van der Waals surface area (Å²) in [4.78, 5) is 8.55. The molecule has 1 aliphatic heterocycles. The molecule has 0 spiro atoms. The second-order valence-corrected chi connectivity index (χ2v) is 4.18. The Labute approximate surface area is 116 Å². The van der Waals surface area contributed by atoms with Crippen LogP contribution in [-0.2, 0) is 0 Å². The quantitative estimate of drug-likeness (QED) is 0.895. The fourth-order valence-electron chi connectivity index (χ4n) is 1.98. The van der Waals surface area contributed by atoms with Crippen LogP contribution in [0.3, 0.4) is 0 Å². The number of nitriles is 1. The zero-order valence-corrected chi connectivity index (χ0v) is 10.9. The summed E-state index contributed by atoms with van der Waals surface area (Å²) in [7, 11) is 1.72. The van der Waals surface area contributed by atoms with Gasteiger partial charge in [0, 0.05) is 12.6 Å². The maximum Gasteiger partial charge on any atom is 0.162 e. The summed E-state index contributed by atoms with van der Waals surface area (Å²) in [5.41, 5.74) is 1.23. The minimum Gasteiger partial charge on any atom is -0.486 e. The highest BCUT2D eigenvalue weighted by atomic mass is 16.6. The molecule has 0 radical (unpaired) electrons. The topological polar surface area (TPSA) is 80.1 Å². The van der Waals surface area contributed by atoms with Gasteiger partial charge in [0.15, 0.2) is 17.3 Å². The van der Waals surface area contributed by atoms with E-state index in [1.165, 1.54) is 6.20 Å². The maximum atomic E-state index is 8.96. The van der Waals surface area contributed by atoms with Crippen molar-refractivity contribution in [2.75, 3.05) is 25.6 Å². The number of anilines is 1. The van der Waals surface area contributed by atoms with E-state index in [9.17, 15) is 0 Å². The Kier molecular flexibility index (Phi) is 3.09. The Morgan fingerprint density at radius 3 is 2.80 bits per heavy atom. The fourth-order valence-corrected chi connectivity index (χ4v) is 1.98. The SMILES string of the molecule is CNc1nc(-c2ccc3c(c2)OCCO3)ncc1C#N. The van der Waals surface area contributed by atoms with Crippen LogP contribution in [0.1, 0.15) is 5.56 Å². The molecule has 2 aromatic rings. The Hall–Kier alpha value is -2.81. The minimum atomic E-state index is 0.411. The van der Waals surface area contributed by atoms with Crippen LogP contribution in [0.4, 0.5) is 5.82 Å². The molecule has 1 N–H and O–H groups in total. The van der Waals surface area contributed by atoms with Gasteiger partial charge in [0.05, 0.1) is 6.20 Å². The van der Waals surface area contributed by atoms with Gasteiger partial charge in [-0.2, -0.15) is 5.26 Å². The molecule has 100 valence electrons. The van der Waals surface area contributed by atoms with Crippen molar-refractivity contribution in [3.05, 3.63) is 30.0 Å². The lowest BCUT2D eigenvalue weighted by molar-refractivity contribution is 0.171. The van der Waals surface area contributed by atoms with Gasteiger partial charge in [0.2, 0.25) is 0 Å². The monoisotopic (exact) mass is 268 g/mol. The van der Waals surface area contributed by atoms with Gasteiger partial charge >= 0.3 is 0 Å². The van der Waals surface area contributed by atoms with Gasteiger partial charge in [-0.05, 0) is 18.2 Å². The van der Waals surface area contributed by atoms with E-state index in [0.29, 0.717) is 36.2 Å². The van der Waals surface area contributed by atoms with Crippen molar-refractivity contribution in [2.24, 2.45) is 0 Å². The normalized spacial score (nSPS) is 12.6. The molecule has 0 unspecified atom stereocenters. The van der Waals surface area contributed by atoms with E-state index in [2.05, 4.69) is 15.3 Å². The van der Waals surface area contributed by atoms with Crippen molar-refractivity contribution in [2.45, 2.75) is 0 Å². The summed E-state index contributed by atoms with van der Waals surface area (Å²) >= 11 is 0. The number of aromatic nitrogens is 2. The number of hydrogen-bond donors (Lipinski definition) is 1. The maximum absolute atomic E-state index is 8.96. The highest BCUT2D eigenvalue weighted by Gasteiger charge is 2.14. The molecule has 0 fully saturated rings. The van der Waals surface area contributed by atoms with Crippen LogP contribution in [0.15, 0.2) is 24.4 Å². The average molecular weight is 268 g/mol. The molecule has 0 aliphatic carbocycles. The first kappa shape index (κ1) is 12.2. The van der Waals surface area contributed by atoms with Gasteiger partial charge in [-0.25, -0.2) is 9.97 Å². The molecular formula is C14H12N4O2. The lowest BCUT2D eigenvalue weighted by atomic mass is 10.1. The second-order valence-electron chi connectivity index (χ2n) is 4.18. The zero-order chi connectivity index (χ0) is 13.9. The van der Waals surface area contributed by atoms with Crippen molar-refractivity contribution < 1.29 is 9.47 Å². The smallest absolute Gasteiger partial charge is 0.162 e. The van der Waals surface area contributed by atoms with Crippen LogP contribution in [0.2, 0.25) is 0 Å². The fraction of sp³-hybridized carbons (Fsp3) is 0.214. The summed E-state index contributed by atoms with van der Waals surface area (Å²) in [5.74, 6) is 2.45. The molecule has 0 saturated carbocycles. The van der Waals surface area contributed by atoms with Crippen molar-refractivity contribution in [3.63, 3.8) is 0 Å². The van der Waals surface area contributed by atoms with E-state index in [1.54, 1.807) is 7.05 Å². The van der Waals surface area contributed by atoms with E-state index in [-0.39, 0.29) is 0 Å². The van der Waals surface area contributed by atoms with E-state index in [1.807, 2.05) is 24.3 Å². The summed E-state index contributed by atoms with van der Waals surface area (Å²) in [5, 5.41) is 11.9. The molecule has 6 nitrogen and oxygen atoms in total. The lowest BCUT2D eigenvalue weighted by Gasteiger charge is -2.18. The third kappa shape index (κ3) is 2.10. The van der Waals surface area contributed by atoms with Crippen molar-refractivity contribution in [1.29, 1.82) is 5.26 Å². The molecule has 2 heterocycles. The number of nitrogens with one attached hydrogen (secondary N) is 1. The van der Waals surface area contributed by atoms with Gasteiger partial charge in [-0.15, -0.1) is 0 Å². The molecule has 0 bridgehead atoms. The first-order valence-electron chi connectivity index (χ1n) is 6.16. The third-order valence-electron chi connectivity index (χ3n) is 2.95. The van der Waals surface area contributed by atoms with Gasteiger partial charge in [-0.3, -0.25) is 0 Å². The summed E-state index contributed by atoms with van der Waals surface area (Å²) in [6.45, 7) is 1.09. The second kappa shape index (κ2) is 5.05. The Balaban J connectivity index is 2.03. The Morgan fingerprint density at radius 1 is 1.25 bits per heavy atom. The van der Waals surface area contributed by atoms with E-state index in [4.69, 9.17) is 14.7 Å². The van der Waals surface area contributed by atoms with Crippen molar-refractivity contribution >= 4 is 5.82 Å². The molecule has 0 atom stereocenters. The summed E-state index contributed by atoms with van der Waals surface area (Å²) in [6.07, 6.45) is 1.50. The minimum absolute atomic E-state index is 0.411. The number of rotatable bonds is 2. The number of fused-ring (bicyclic) bond motifs is 1. The molecule has 1 aromatic carbocycles. The number of hydrogen-bond acceptors (Lipinski definition) is 6. The van der Waals surface area contributed by atoms with Gasteiger partial charge in [-0.1, -0.05) is 0 Å². The van der Waals surface area contributed by atoms with Crippen molar-refractivity contribution in [1.82, 2.24) is 9.97 Å². The highest BCUT2D eigenvalue weighted by Crippen LogP contribution is 2.33. The molecule has 6 heteroatoms. The molecular weight excluding hydrogens is 256 g/mol. The van der Waals surface area contributed by atoms with Gasteiger partial charge in [0.25, 0.3) is 0 Å². The Morgan fingerprint density at radius 2 is 2.05 bits per heavy atom. The Bertz CT molecular complexity index is 694. The molecule has 0 amide bonds. The van der Waals surface area contributed by atoms with Gasteiger partial charge < -0.3 is 14.8 Å².